The monoisotopic (exact) mass is 372 g/mol. The van der Waals surface area contributed by atoms with Crippen LogP contribution >= 0.6 is 23.1 Å². The fourth-order valence-corrected chi connectivity index (χ4v) is 4.39. The number of carbonyl (C=O) groups excluding carboxylic acids is 1. The molecular weight excluding hydrogens is 356 g/mol. The third-order valence-electron chi connectivity index (χ3n) is 3.74. The van der Waals surface area contributed by atoms with Crippen molar-refractivity contribution >= 4 is 40.0 Å². The minimum atomic E-state index is -0.608. The van der Waals surface area contributed by atoms with Gasteiger partial charge in [0, 0.05) is 17.1 Å². The number of rotatable bonds is 5. The Bertz CT molecular complexity index is 873. The Morgan fingerprint density at radius 1 is 1.48 bits per heavy atom. The highest BCUT2D eigenvalue weighted by atomic mass is 32.2. The van der Waals surface area contributed by atoms with Crippen LogP contribution < -0.4 is 4.74 Å². The predicted molar refractivity (Wildman–Crippen MR) is 102 cm³/mol. The van der Waals surface area contributed by atoms with E-state index in [1.54, 1.807) is 35.9 Å². The van der Waals surface area contributed by atoms with Crippen molar-refractivity contribution in [2.45, 2.75) is 12.3 Å². The molecule has 1 aliphatic rings. The number of hydrogen-bond donors (Lipinski definition) is 2. The van der Waals surface area contributed by atoms with Gasteiger partial charge in [-0.1, -0.05) is 17.8 Å². The lowest BCUT2D eigenvalue weighted by molar-refractivity contribution is -0.114. The highest BCUT2D eigenvalue weighted by Crippen LogP contribution is 2.42. The van der Waals surface area contributed by atoms with Gasteiger partial charge in [0.15, 0.2) is 17.3 Å². The minimum absolute atomic E-state index is 0.0726. The van der Waals surface area contributed by atoms with E-state index in [-0.39, 0.29) is 16.6 Å². The first kappa shape index (κ1) is 17.4. The van der Waals surface area contributed by atoms with Crippen molar-refractivity contribution in [2.24, 2.45) is 0 Å². The van der Waals surface area contributed by atoms with E-state index in [4.69, 9.17) is 10.1 Å². The number of nitrogens with zero attached hydrogens (tertiary/aromatic N) is 1. The number of carbonyl (C=O) groups is 1. The van der Waals surface area contributed by atoms with Gasteiger partial charge in [-0.15, -0.1) is 17.9 Å². The molecule has 25 heavy (non-hydrogen) atoms. The summed E-state index contributed by atoms with van der Waals surface area (Å²) in [6.45, 7) is 3.69. The number of hydrogen-bond acceptors (Lipinski definition) is 7. The lowest BCUT2D eigenvalue weighted by Gasteiger charge is -2.09. The maximum absolute atomic E-state index is 12.7. The van der Waals surface area contributed by atoms with Crippen molar-refractivity contribution in [3.05, 3.63) is 57.4 Å². The predicted octanol–water partition coefficient (Wildman–Crippen LogP) is 4.00. The highest BCUT2D eigenvalue weighted by Gasteiger charge is 2.38. The van der Waals surface area contributed by atoms with E-state index in [1.165, 1.54) is 18.4 Å². The van der Waals surface area contributed by atoms with Crippen LogP contribution in [0.4, 0.5) is 0 Å². The lowest BCUT2D eigenvalue weighted by atomic mass is 10.0. The Morgan fingerprint density at radius 2 is 2.28 bits per heavy atom. The molecule has 0 spiro atoms. The molecule has 0 unspecified atom stereocenters. The zero-order valence-electron chi connectivity index (χ0n) is 13.5. The minimum Gasteiger partial charge on any atom is -0.504 e. The van der Waals surface area contributed by atoms with Crippen molar-refractivity contribution in [3.8, 4) is 11.5 Å². The molecule has 1 aromatic carbocycles. The van der Waals surface area contributed by atoms with E-state index < -0.39 is 5.92 Å². The number of aromatic nitrogens is 1. The molecule has 1 saturated heterocycles. The van der Waals surface area contributed by atoms with E-state index in [9.17, 15) is 9.90 Å². The van der Waals surface area contributed by atoms with Gasteiger partial charge in [0.25, 0.3) is 0 Å². The fourth-order valence-electron chi connectivity index (χ4n) is 2.58. The summed E-state index contributed by atoms with van der Waals surface area (Å²) >= 11 is 2.53. The summed E-state index contributed by atoms with van der Waals surface area (Å²) in [5.74, 6) is -0.318. The summed E-state index contributed by atoms with van der Waals surface area (Å²) in [5.41, 5.74) is 1.40. The average molecular weight is 372 g/mol. The van der Waals surface area contributed by atoms with Gasteiger partial charge >= 0.3 is 0 Å². The Kier molecular flexibility index (Phi) is 5.06. The second-order valence-electron chi connectivity index (χ2n) is 5.37. The number of allylic oxidation sites excluding steroid dienone is 2. The van der Waals surface area contributed by atoms with Gasteiger partial charge in [0.2, 0.25) is 0 Å². The molecule has 1 fully saturated rings. The van der Waals surface area contributed by atoms with E-state index >= 15 is 0 Å². The number of phenols is 1. The summed E-state index contributed by atoms with van der Waals surface area (Å²) in [6.07, 6.45) is 5.54. The highest BCUT2D eigenvalue weighted by molar-refractivity contribution is 8.19. The largest absolute Gasteiger partial charge is 0.504 e. The van der Waals surface area contributed by atoms with Crippen molar-refractivity contribution < 1.29 is 14.6 Å². The number of aromatic hydroxyl groups is 1. The molecule has 0 amide bonds. The maximum Gasteiger partial charge on any atom is 0.186 e. The molecule has 1 aliphatic heterocycles. The second-order valence-corrected chi connectivity index (χ2v) is 7.38. The first-order valence-corrected chi connectivity index (χ1v) is 9.17. The van der Waals surface area contributed by atoms with Gasteiger partial charge in [0.05, 0.1) is 17.1 Å². The molecule has 1 atom stereocenters. The Labute approximate surface area is 153 Å². The Balaban J connectivity index is 1.98. The van der Waals surface area contributed by atoms with Gasteiger partial charge in [0.1, 0.15) is 10.9 Å². The van der Waals surface area contributed by atoms with E-state index in [2.05, 4.69) is 11.6 Å². The van der Waals surface area contributed by atoms with Crippen LogP contribution in [0.1, 0.15) is 22.1 Å². The van der Waals surface area contributed by atoms with E-state index in [0.717, 1.165) is 17.3 Å². The molecule has 2 heterocycles. The first-order chi connectivity index (χ1) is 12.0. The number of phenolic OH excluding ortho intramolecular Hbond substituents is 1. The second kappa shape index (κ2) is 7.25. The van der Waals surface area contributed by atoms with E-state index in [0.29, 0.717) is 27.6 Å². The summed E-state index contributed by atoms with van der Waals surface area (Å²) in [5, 5.41) is 21.0. The normalized spacial score (nSPS) is 18.8. The molecule has 2 N–H and O–H groups in total. The summed E-state index contributed by atoms with van der Waals surface area (Å²) < 4.78 is 5.21. The molecule has 5 nitrogen and oxygen atoms in total. The third-order valence-corrected chi connectivity index (χ3v) is 5.58. The number of benzene rings is 1. The lowest BCUT2D eigenvalue weighted by Crippen LogP contribution is -2.11. The number of thiazole rings is 1. The maximum atomic E-state index is 12.7. The Morgan fingerprint density at radius 3 is 2.92 bits per heavy atom. The zero-order chi connectivity index (χ0) is 18.0. The number of nitrogens with one attached hydrogen (secondary N) is 1. The van der Waals surface area contributed by atoms with Crippen LogP contribution in [0.5, 0.6) is 11.5 Å². The fraction of sp³-hybridized carbons (Fsp3) is 0.167. The van der Waals surface area contributed by atoms with E-state index in [1.807, 2.05) is 0 Å². The number of ether oxygens (including phenoxy) is 1. The molecule has 1 aromatic heterocycles. The topological polar surface area (TPSA) is 83.3 Å². The molecule has 7 heteroatoms. The smallest absolute Gasteiger partial charge is 0.186 e. The quantitative estimate of drug-likeness (QED) is 0.612. The molecule has 3 rings (SSSR count). The van der Waals surface area contributed by atoms with Gasteiger partial charge in [-0.3, -0.25) is 10.2 Å². The standard InChI is InChI=1S/C18H16N2O3S2/c1-3-4-11-7-10(8-12(23-2)15(11)21)9-13-16(22)14(17(19)25-13)18-20-5-6-24-18/h3,5-9,14,19,21H,1,4H2,2H3/b13-9-,19-17?/t14-/m0/s1. The number of thioether (sulfide) groups is 1. The van der Waals surface area contributed by atoms with Crippen LogP contribution in [0.15, 0.2) is 41.3 Å². The van der Waals surface area contributed by atoms with Crippen molar-refractivity contribution in [3.63, 3.8) is 0 Å². The molecule has 128 valence electrons. The van der Waals surface area contributed by atoms with Crippen LogP contribution in [0.3, 0.4) is 0 Å². The van der Waals surface area contributed by atoms with Crippen molar-refractivity contribution in [1.29, 1.82) is 5.41 Å². The molecule has 0 radical (unpaired) electrons. The van der Waals surface area contributed by atoms with Crippen LogP contribution in [-0.2, 0) is 11.2 Å². The number of ketones is 1. The van der Waals surface area contributed by atoms with Crippen LogP contribution in [0.25, 0.3) is 6.08 Å². The molecule has 0 aliphatic carbocycles. The molecule has 0 saturated carbocycles. The Hall–Kier alpha value is -2.38. The molecular formula is C18H16N2O3S2. The van der Waals surface area contributed by atoms with Gasteiger partial charge in [-0.25, -0.2) is 4.98 Å². The summed E-state index contributed by atoms with van der Waals surface area (Å²) in [4.78, 5) is 17.3. The first-order valence-electron chi connectivity index (χ1n) is 7.47. The van der Waals surface area contributed by atoms with Crippen molar-refractivity contribution in [1.82, 2.24) is 4.98 Å². The third kappa shape index (κ3) is 3.38. The van der Waals surface area contributed by atoms with Crippen LogP contribution in [0, 0.1) is 5.41 Å². The van der Waals surface area contributed by atoms with Crippen molar-refractivity contribution in [2.75, 3.05) is 7.11 Å². The summed E-state index contributed by atoms with van der Waals surface area (Å²) in [7, 11) is 1.48. The number of methoxy groups -OCH3 is 1. The summed E-state index contributed by atoms with van der Waals surface area (Å²) in [6, 6.07) is 3.46. The molecule has 2 aromatic rings. The van der Waals surface area contributed by atoms with Gasteiger partial charge in [-0.05, 0) is 30.2 Å². The number of Topliss-reactive ketones (excluding diaryl/α,β-unsaturated/α-hetero) is 1. The van der Waals surface area contributed by atoms with Crippen LogP contribution in [0.2, 0.25) is 0 Å². The average Bonchev–Trinajstić information content (AvgIpc) is 3.19. The SMILES string of the molecule is C=CCc1cc(/C=C2\SC(=N)[C@@H](c3nccs3)C2=O)cc(OC)c1O. The van der Waals surface area contributed by atoms with Gasteiger partial charge < -0.3 is 9.84 Å². The zero-order valence-corrected chi connectivity index (χ0v) is 15.1. The van der Waals surface area contributed by atoms with Crippen LogP contribution in [-0.4, -0.2) is 28.0 Å². The molecule has 0 bridgehead atoms. The van der Waals surface area contributed by atoms with Gasteiger partial charge in [-0.2, -0.15) is 0 Å².